The van der Waals surface area contributed by atoms with Gasteiger partial charge >= 0.3 is 6.03 Å². The lowest BCUT2D eigenvalue weighted by atomic mass is 9.79. The molecule has 7 nitrogen and oxygen atoms in total. The maximum absolute atomic E-state index is 13.7. The fraction of sp³-hybridized carbons (Fsp3) is 0.567. The smallest absolute Gasteiger partial charge is 0.321 e. The van der Waals surface area contributed by atoms with Gasteiger partial charge in [0.25, 0.3) is 0 Å². The van der Waals surface area contributed by atoms with E-state index in [1.54, 1.807) is 0 Å². The van der Waals surface area contributed by atoms with Crippen molar-refractivity contribution in [1.82, 2.24) is 14.1 Å². The first kappa shape index (κ1) is 29.3. The summed E-state index contributed by atoms with van der Waals surface area (Å²) in [5.74, 6) is 0.221. The number of fused-ring (bicyclic) bond motifs is 1. The summed E-state index contributed by atoms with van der Waals surface area (Å²) in [4.78, 5) is 17.8. The predicted octanol–water partition coefficient (Wildman–Crippen LogP) is 5.56. The number of sulfonamides is 1. The lowest BCUT2D eigenvalue weighted by Crippen LogP contribution is -2.49. The number of rotatable bonds is 8. The first-order valence-corrected chi connectivity index (χ1v) is 16.4. The number of nitrogens with zero attached hydrogens (tertiary/aromatic N) is 3. The molecule has 3 aliphatic rings. The number of carbonyl (C=O) groups is 1. The average Bonchev–Trinajstić information content (AvgIpc) is 3.64. The van der Waals surface area contributed by atoms with Gasteiger partial charge in [-0.25, -0.2) is 21.9 Å². The van der Waals surface area contributed by atoms with Crippen molar-refractivity contribution in [2.24, 2.45) is 11.8 Å². The Morgan fingerprint density at radius 2 is 1.90 bits per heavy atom. The van der Waals surface area contributed by atoms with Gasteiger partial charge in [-0.05, 0) is 99.2 Å². The first-order chi connectivity index (χ1) is 18.9. The van der Waals surface area contributed by atoms with Crippen molar-refractivity contribution in [3.8, 4) is 0 Å². The molecule has 0 radical (unpaired) electrons. The molecule has 3 atom stereocenters. The average molecular weight is 591 g/mol. The van der Waals surface area contributed by atoms with Crippen LogP contribution in [-0.4, -0.2) is 74.6 Å². The number of hydrogen-bond acceptors (Lipinski definition) is 4. The molecule has 1 heterocycles. The minimum absolute atomic E-state index is 0.0329. The van der Waals surface area contributed by atoms with Crippen LogP contribution < -0.4 is 5.32 Å². The molecule has 2 aliphatic carbocycles. The molecular weight excluding hydrogens is 551 g/mol. The fourth-order valence-corrected chi connectivity index (χ4v) is 7.92. The Labute approximate surface area is 242 Å². The van der Waals surface area contributed by atoms with E-state index in [2.05, 4.69) is 48.6 Å². The van der Waals surface area contributed by atoms with Gasteiger partial charge in [-0.1, -0.05) is 35.9 Å². The van der Waals surface area contributed by atoms with E-state index < -0.39 is 15.8 Å². The van der Waals surface area contributed by atoms with Crippen molar-refractivity contribution in [1.29, 1.82) is 0 Å². The van der Waals surface area contributed by atoms with Crippen LogP contribution in [0.3, 0.4) is 0 Å². The third-order valence-electron chi connectivity index (χ3n) is 9.08. The quantitative estimate of drug-likeness (QED) is 0.437. The van der Waals surface area contributed by atoms with Gasteiger partial charge < -0.3 is 15.1 Å². The van der Waals surface area contributed by atoms with Gasteiger partial charge in [-0.2, -0.15) is 0 Å². The molecule has 10 heteroatoms. The summed E-state index contributed by atoms with van der Waals surface area (Å²) >= 11 is 5.97. The number of amides is 2. The van der Waals surface area contributed by atoms with Crippen LogP contribution >= 0.6 is 11.6 Å². The van der Waals surface area contributed by atoms with Gasteiger partial charge in [0.2, 0.25) is 10.0 Å². The molecule has 3 fully saturated rings. The summed E-state index contributed by atoms with van der Waals surface area (Å²) in [6.07, 6.45) is 6.72. The van der Waals surface area contributed by atoms with Crippen LogP contribution in [0.1, 0.15) is 49.7 Å². The maximum atomic E-state index is 13.7. The standard InChI is InChI=1S/C30H40ClFN4O3S/c1-34(2)19-22-5-4-6-23(15-22)30-12-9-26(16-24(30)18-30)36(20-21-10-13-35(14-11-21)40(3,38)39)29(37)33-25-7-8-28(32)27(31)17-25/h4-8,15,17,21,24,26H,9-14,16,18-20H2,1-3H3,(H,33,37)/t24?,26?,30-/m1/s1. The van der Waals surface area contributed by atoms with E-state index in [-0.39, 0.29) is 28.4 Å². The third-order valence-corrected chi connectivity index (χ3v) is 10.7. The predicted molar refractivity (Wildman–Crippen MR) is 158 cm³/mol. The van der Waals surface area contributed by atoms with Gasteiger partial charge in [-0.3, -0.25) is 0 Å². The fourth-order valence-electron chi connectivity index (χ4n) is 6.86. The molecule has 0 spiro atoms. The van der Waals surface area contributed by atoms with Crippen molar-refractivity contribution < 1.29 is 17.6 Å². The Kier molecular flexibility index (Phi) is 8.49. The molecule has 2 unspecified atom stereocenters. The summed E-state index contributed by atoms with van der Waals surface area (Å²) in [6.45, 7) is 2.44. The first-order valence-electron chi connectivity index (χ1n) is 14.2. The minimum atomic E-state index is -3.21. The Balaban J connectivity index is 1.30. The van der Waals surface area contributed by atoms with Crippen molar-refractivity contribution in [2.75, 3.05) is 45.3 Å². The number of halogens is 2. The summed E-state index contributed by atoms with van der Waals surface area (Å²) in [5, 5.41) is 2.92. The number of hydrogen-bond donors (Lipinski definition) is 1. The monoisotopic (exact) mass is 590 g/mol. The summed E-state index contributed by atoms with van der Waals surface area (Å²) < 4.78 is 39.2. The zero-order chi connectivity index (χ0) is 28.7. The SMILES string of the molecule is CN(C)Cc1cccc([C@]23CCC(N(CC4CCN(S(C)(=O)=O)CC4)C(=O)Nc4ccc(F)c(Cl)c4)CC2C3)c1. The highest BCUT2D eigenvalue weighted by Crippen LogP contribution is 2.63. The van der Waals surface area contributed by atoms with Gasteiger partial charge in [-0.15, -0.1) is 0 Å². The van der Waals surface area contributed by atoms with Crippen LogP contribution in [0.2, 0.25) is 5.02 Å². The molecule has 1 aliphatic heterocycles. The molecule has 2 amide bonds. The largest absolute Gasteiger partial charge is 0.322 e. The van der Waals surface area contributed by atoms with Crippen molar-refractivity contribution in [2.45, 2.75) is 56.5 Å². The highest BCUT2D eigenvalue weighted by molar-refractivity contribution is 7.88. The minimum Gasteiger partial charge on any atom is -0.321 e. The molecular formula is C30H40ClFN4O3S. The topological polar surface area (TPSA) is 73.0 Å². The van der Waals surface area contributed by atoms with Crippen LogP contribution in [0.5, 0.6) is 0 Å². The highest BCUT2D eigenvalue weighted by Gasteiger charge is 2.58. The number of benzene rings is 2. The third kappa shape index (κ3) is 6.48. The Morgan fingerprint density at radius 3 is 2.55 bits per heavy atom. The Hall–Kier alpha value is -2.20. The van der Waals surface area contributed by atoms with Gasteiger partial charge in [0.05, 0.1) is 11.3 Å². The molecule has 2 aromatic rings. The molecule has 1 saturated heterocycles. The Bertz CT molecular complexity index is 1350. The van der Waals surface area contributed by atoms with E-state index in [4.69, 9.17) is 11.6 Å². The van der Waals surface area contributed by atoms with E-state index in [1.165, 1.54) is 39.9 Å². The lowest BCUT2D eigenvalue weighted by molar-refractivity contribution is 0.132. The second kappa shape index (κ2) is 11.6. The number of piperidine rings is 1. The zero-order valence-corrected chi connectivity index (χ0v) is 25.1. The van der Waals surface area contributed by atoms with Gasteiger partial charge in [0.15, 0.2) is 0 Å². The molecule has 2 aromatic carbocycles. The van der Waals surface area contributed by atoms with E-state index in [9.17, 15) is 17.6 Å². The van der Waals surface area contributed by atoms with Crippen LogP contribution in [0.15, 0.2) is 42.5 Å². The van der Waals surface area contributed by atoms with E-state index in [0.29, 0.717) is 31.2 Å². The number of nitrogens with one attached hydrogen (secondary N) is 1. The molecule has 0 aromatic heterocycles. The summed E-state index contributed by atoms with van der Waals surface area (Å²) in [7, 11) is 0.955. The normalized spacial score (nSPS) is 25.4. The van der Waals surface area contributed by atoms with Crippen LogP contribution in [0, 0.1) is 17.7 Å². The summed E-state index contributed by atoms with van der Waals surface area (Å²) in [6, 6.07) is 13.1. The van der Waals surface area contributed by atoms with E-state index in [0.717, 1.165) is 45.1 Å². The Morgan fingerprint density at radius 1 is 1.15 bits per heavy atom. The van der Waals surface area contributed by atoms with Crippen molar-refractivity contribution in [3.05, 3.63) is 64.4 Å². The molecule has 5 rings (SSSR count). The molecule has 1 N–H and O–H groups in total. The highest BCUT2D eigenvalue weighted by atomic mass is 35.5. The van der Waals surface area contributed by atoms with Crippen LogP contribution in [-0.2, 0) is 22.0 Å². The maximum Gasteiger partial charge on any atom is 0.322 e. The van der Waals surface area contributed by atoms with Gasteiger partial charge in [0.1, 0.15) is 5.82 Å². The number of urea groups is 1. The second-order valence-corrected chi connectivity index (χ2v) is 14.6. The van der Waals surface area contributed by atoms with Crippen LogP contribution in [0.4, 0.5) is 14.9 Å². The van der Waals surface area contributed by atoms with E-state index in [1.807, 2.05) is 4.90 Å². The number of carbonyl (C=O) groups excluding carboxylic acids is 1. The molecule has 0 bridgehead atoms. The second-order valence-electron chi connectivity index (χ2n) is 12.2. The summed E-state index contributed by atoms with van der Waals surface area (Å²) in [5.41, 5.74) is 3.40. The van der Waals surface area contributed by atoms with Crippen molar-refractivity contribution in [3.63, 3.8) is 0 Å². The van der Waals surface area contributed by atoms with Crippen LogP contribution in [0.25, 0.3) is 0 Å². The zero-order valence-electron chi connectivity index (χ0n) is 23.6. The van der Waals surface area contributed by atoms with Gasteiger partial charge in [0, 0.05) is 37.9 Å². The van der Waals surface area contributed by atoms with E-state index >= 15 is 0 Å². The number of anilines is 1. The molecule has 2 saturated carbocycles. The molecule has 218 valence electrons. The van der Waals surface area contributed by atoms with Crippen molar-refractivity contribution >= 4 is 33.3 Å². The molecule has 40 heavy (non-hydrogen) atoms. The lowest BCUT2D eigenvalue weighted by Gasteiger charge is -2.40.